The molecule has 1 N–H and O–H groups in total. The highest BCUT2D eigenvalue weighted by Crippen LogP contribution is 2.34. The normalized spacial score (nSPS) is 10.6. The van der Waals surface area contributed by atoms with Gasteiger partial charge < -0.3 is 9.47 Å². The summed E-state index contributed by atoms with van der Waals surface area (Å²) in [5.74, 6) is -0.464. The van der Waals surface area contributed by atoms with Gasteiger partial charge in [0.2, 0.25) is 0 Å². The van der Waals surface area contributed by atoms with Crippen molar-refractivity contribution in [2.45, 2.75) is 13.5 Å². The van der Waals surface area contributed by atoms with Gasteiger partial charge in [0, 0.05) is 14.5 Å². The minimum absolute atomic E-state index is 0.127. The molecule has 0 bridgehead atoms. The summed E-state index contributed by atoms with van der Waals surface area (Å²) in [5.41, 5.74) is 3.82. The molecule has 3 rings (SSSR count). The molecule has 3 aromatic carbocycles. The van der Waals surface area contributed by atoms with Crippen molar-refractivity contribution < 1.29 is 18.7 Å². The Bertz CT molecular complexity index is 1220. The number of benzene rings is 3. The third-order valence-electron chi connectivity index (χ3n) is 4.38. The first-order chi connectivity index (χ1) is 15.9. The smallest absolute Gasteiger partial charge is 0.274 e. The highest BCUT2D eigenvalue weighted by molar-refractivity contribution is 9.10. The van der Waals surface area contributed by atoms with Crippen molar-refractivity contribution in [1.29, 1.82) is 5.26 Å². The van der Waals surface area contributed by atoms with E-state index in [-0.39, 0.29) is 11.1 Å². The fourth-order valence-corrected chi connectivity index (χ4v) is 3.45. The van der Waals surface area contributed by atoms with Crippen molar-refractivity contribution in [2.24, 2.45) is 5.10 Å². The van der Waals surface area contributed by atoms with E-state index in [2.05, 4.69) is 42.4 Å². The number of nitrogens with zero attached hydrogens (tertiary/aromatic N) is 2. The minimum atomic E-state index is -0.797. The fraction of sp³-hybridized carbons (Fsp3) is 0.125. The lowest BCUT2D eigenvalue weighted by molar-refractivity contribution is 0.0951. The van der Waals surface area contributed by atoms with E-state index in [4.69, 9.17) is 14.7 Å². The van der Waals surface area contributed by atoms with Crippen molar-refractivity contribution in [3.8, 4) is 17.6 Å². The van der Waals surface area contributed by atoms with Crippen LogP contribution in [0.1, 0.15) is 34.0 Å². The van der Waals surface area contributed by atoms with Gasteiger partial charge in [-0.25, -0.2) is 9.82 Å². The molecule has 1 amide bonds. The molecule has 6 nitrogen and oxygen atoms in total. The van der Waals surface area contributed by atoms with E-state index in [1.807, 2.05) is 37.3 Å². The van der Waals surface area contributed by atoms with Crippen LogP contribution in [-0.2, 0) is 6.61 Å². The van der Waals surface area contributed by atoms with Crippen molar-refractivity contribution in [1.82, 2.24) is 5.43 Å². The third-order valence-corrected chi connectivity index (χ3v) is 5.60. The number of nitrogens with one attached hydrogen (secondary N) is 1. The molecule has 0 atom stereocenters. The quantitative estimate of drug-likeness (QED) is 0.265. The van der Waals surface area contributed by atoms with Gasteiger partial charge in [0.05, 0.1) is 30.0 Å². The zero-order valence-electron chi connectivity index (χ0n) is 17.4. The molecule has 9 heteroatoms. The van der Waals surface area contributed by atoms with E-state index in [0.717, 1.165) is 16.1 Å². The highest BCUT2D eigenvalue weighted by atomic mass is 79.9. The van der Waals surface area contributed by atoms with Gasteiger partial charge in [0.25, 0.3) is 5.91 Å². The van der Waals surface area contributed by atoms with Crippen LogP contribution in [0.25, 0.3) is 0 Å². The summed E-state index contributed by atoms with van der Waals surface area (Å²) in [6, 6.07) is 16.7. The predicted molar refractivity (Wildman–Crippen MR) is 130 cm³/mol. The Morgan fingerprint density at radius 3 is 2.52 bits per heavy atom. The minimum Gasteiger partial charge on any atom is -0.490 e. The van der Waals surface area contributed by atoms with Crippen molar-refractivity contribution >= 4 is 44.0 Å². The number of hydrazone groups is 1. The summed E-state index contributed by atoms with van der Waals surface area (Å²) in [5, 5.41) is 12.7. The third kappa shape index (κ3) is 6.63. The average Bonchev–Trinajstić information content (AvgIpc) is 2.80. The number of nitriles is 1. The van der Waals surface area contributed by atoms with Gasteiger partial charge in [-0.15, -0.1) is 0 Å². The molecule has 3 aromatic rings. The van der Waals surface area contributed by atoms with Crippen LogP contribution in [0.4, 0.5) is 4.39 Å². The number of carbonyl (C=O) groups is 1. The number of hydrogen-bond acceptors (Lipinski definition) is 5. The second kappa shape index (κ2) is 11.6. The number of rotatable bonds is 8. The van der Waals surface area contributed by atoms with Crippen LogP contribution in [0.3, 0.4) is 0 Å². The molecule has 0 saturated heterocycles. The molecular weight excluding hydrogens is 557 g/mol. The molecule has 0 aromatic heterocycles. The molecule has 0 radical (unpaired) electrons. The van der Waals surface area contributed by atoms with Gasteiger partial charge in [0.15, 0.2) is 11.5 Å². The molecule has 0 aliphatic heterocycles. The van der Waals surface area contributed by atoms with Crippen molar-refractivity contribution in [3.05, 3.63) is 91.6 Å². The Kier molecular flexibility index (Phi) is 8.58. The summed E-state index contributed by atoms with van der Waals surface area (Å²) in [4.78, 5) is 12.2. The van der Waals surface area contributed by atoms with Gasteiger partial charge >= 0.3 is 0 Å². The second-order valence-electron chi connectivity index (χ2n) is 6.67. The number of ether oxygens (including phenoxy) is 2. The molecule has 0 heterocycles. The molecular formula is C24H18Br2FN3O3. The SMILES string of the molecule is CCOc1cc(/C=N\NC(=O)c2ccc(C#N)cc2F)c(Br)cc1OCc1ccc(Br)cc1. The van der Waals surface area contributed by atoms with Gasteiger partial charge in [-0.3, -0.25) is 4.79 Å². The predicted octanol–water partition coefficient (Wildman–Crippen LogP) is 5.96. The van der Waals surface area contributed by atoms with Crippen LogP contribution in [0, 0.1) is 17.1 Å². The highest BCUT2D eigenvalue weighted by Gasteiger charge is 2.13. The Balaban J connectivity index is 1.72. The van der Waals surface area contributed by atoms with Crippen LogP contribution >= 0.6 is 31.9 Å². The standard InChI is InChI=1S/C24H18Br2FN3O3/c1-2-32-22-10-17(13-29-30-24(31)19-8-5-16(12-28)9-21(19)27)20(26)11-23(22)33-14-15-3-6-18(25)7-4-15/h3-11,13H,2,14H2,1H3,(H,30,31)/b29-13-. The van der Waals surface area contributed by atoms with Gasteiger partial charge in [-0.05, 0) is 70.9 Å². The lowest BCUT2D eigenvalue weighted by Gasteiger charge is -2.14. The molecule has 0 aliphatic rings. The summed E-state index contributed by atoms with van der Waals surface area (Å²) in [6.45, 7) is 2.65. The van der Waals surface area contributed by atoms with E-state index >= 15 is 0 Å². The molecule has 0 saturated carbocycles. The van der Waals surface area contributed by atoms with Gasteiger partial charge in [-0.2, -0.15) is 10.4 Å². The van der Waals surface area contributed by atoms with Crippen LogP contribution in [-0.4, -0.2) is 18.7 Å². The van der Waals surface area contributed by atoms with Crippen molar-refractivity contribution in [2.75, 3.05) is 6.61 Å². The molecule has 0 spiro atoms. The monoisotopic (exact) mass is 573 g/mol. The van der Waals surface area contributed by atoms with Crippen LogP contribution < -0.4 is 14.9 Å². The lowest BCUT2D eigenvalue weighted by Crippen LogP contribution is -2.19. The lowest BCUT2D eigenvalue weighted by atomic mass is 10.1. The average molecular weight is 575 g/mol. The molecule has 168 valence electrons. The number of halogens is 3. The fourth-order valence-electron chi connectivity index (χ4n) is 2.76. The number of amides is 1. The summed E-state index contributed by atoms with van der Waals surface area (Å²) < 4.78 is 27.3. The van der Waals surface area contributed by atoms with Crippen LogP contribution in [0.5, 0.6) is 11.5 Å². The Morgan fingerprint density at radius 2 is 1.85 bits per heavy atom. The van der Waals surface area contributed by atoms with Gasteiger partial charge in [0.1, 0.15) is 12.4 Å². The molecule has 0 unspecified atom stereocenters. The summed E-state index contributed by atoms with van der Waals surface area (Å²) in [6.07, 6.45) is 1.41. The first-order valence-corrected chi connectivity index (χ1v) is 11.4. The maximum Gasteiger partial charge on any atom is 0.274 e. The zero-order valence-corrected chi connectivity index (χ0v) is 20.6. The van der Waals surface area contributed by atoms with Crippen LogP contribution in [0.2, 0.25) is 0 Å². The molecule has 0 fully saturated rings. The van der Waals surface area contributed by atoms with Crippen molar-refractivity contribution in [3.63, 3.8) is 0 Å². The van der Waals surface area contributed by atoms with E-state index in [9.17, 15) is 9.18 Å². The topological polar surface area (TPSA) is 83.7 Å². The second-order valence-corrected chi connectivity index (χ2v) is 8.44. The summed E-state index contributed by atoms with van der Waals surface area (Å²) in [7, 11) is 0. The number of carbonyl (C=O) groups excluding carboxylic acids is 1. The van der Waals surface area contributed by atoms with E-state index in [0.29, 0.717) is 34.7 Å². The first-order valence-electron chi connectivity index (χ1n) is 9.78. The van der Waals surface area contributed by atoms with E-state index in [1.165, 1.54) is 18.3 Å². The Labute approximate surface area is 207 Å². The van der Waals surface area contributed by atoms with Crippen LogP contribution in [0.15, 0.2) is 68.6 Å². The molecule has 0 aliphatic carbocycles. The molecule has 33 heavy (non-hydrogen) atoms. The Hall–Kier alpha value is -3.22. The maximum atomic E-state index is 14.0. The van der Waals surface area contributed by atoms with E-state index < -0.39 is 11.7 Å². The number of hydrogen-bond donors (Lipinski definition) is 1. The first kappa shape index (κ1) is 24.4. The van der Waals surface area contributed by atoms with Gasteiger partial charge in [-0.1, -0.05) is 28.1 Å². The Morgan fingerprint density at radius 1 is 1.12 bits per heavy atom. The van der Waals surface area contributed by atoms with E-state index in [1.54, 1.807) is 12.1 Å². The maximum absolute atomic E-state index is 14.0. The largest absolute Gasteiger partial charge is 0.490 e. The zero-order chi connectivity index (χ0) is 23.8. The summed E-state index contributed by atoms with van der Waals surface area (Å²) >= 11 is 6.88.